The maximum Gasteiger partial charge on any atom is 0.188 e. The maximum atomic E-state index is 13.6. The minimum Gasteiger partial charge on any atom is -0.780 e. The maximum absolute atomic E-state index is 13.6. The highest BCUT2D eigenvalue weighted by Crippen LogP contribution is 2.49. The monoisotopic (exact) mass is 1240 g/mol. The summed E-state index contributed by atoms with van der Waals surface area (Å²) in [6.45, 7) is -13.9. The molecular formula is C38H65B3N8O24P3S3-3. The lowest BCUT2D eigenvalue weighted by atomic mass is 9.81. The van der Waals surface area contributed by atoms with Crippen LogP contribution in [-0.4, -0.2) is 271 Å². The molecule has 79 heavy (non-hydrogen) atoms. The van der Waals surface area contributed by atoms with Gasteiger partial charge in [-0.15, -0.1) is 0 Å². The van der Waals surface area contributed by atoms with Gasteiger partial charge in [-0.2, -0.15) is 0 Å². The Labute approximate surface area is 473 Å². The van der Waals surface area contributed by atoms with Gasteiger partial charge in [0.2, 0.25) is 0 Å². The number of rotatable bonds is 26. The van der Waals surface area contributed by atoms with Gasteiger partial charge in [0.05, 0.1) is 56.9 Å². The van der Waals surface area contributed by atoms with Crippen LogP contribution in [0.3, 0.4) is 0 Å². The summed E-state index contributed by atoms with van der Waals surface area (Å²) in [6, 6.07) is -7.14. The summed E-state index contributed by atoms with van der Waals surface area (Å²) in [7, 11) is 20.4. The molecule has 0 aromatic heterocycles. The molecule has 27 atom stereocenters. The summed E-state index contributed by atoms with van der Waals surface area (Å²) in [5, 5.41) is 80.4. The lowest BCUT2D eigenvalue weighted by Crippen LogP contribution is -2.66. The van der Waals surface area contributed by atoms with Crippen molar-refractivity contribution >= 4 is 97.2 Å². The number of aliphatic hydroxyl groups excluding tert-OH is 6. The fourth-order valence-corrected chi connectivity index (χ4v) is 13.3. The number of nitrogens with zero attached hydrogens (tertiary/aromatic N) is 3. The first kappa shape index (κ1) is 67.5. The molecule has 16 N–H and O–H groups in total. The molecule has 6 radical (unpaired) electrons. The summed E-state index contributed by atoms with van der Waals surface area (Å²) >= 11 is 15.1. The third-order valence-electron chi connectivity index (χ3n) is 13.4. The smallest absolute Gasteiger partial charge is 0.188 e. The molecule has 446 valence electrons. The summed E-state index contributed by atoms with van der Waals surface area (Å²) in [4.78, 5) is 51.2. The number of ether oxygens (including phenoxy) is 8. The molecule has 6 fully saturated rings. The van der Waals surface area contributed by atoms with Gasteiger partial charge in [-0.1, -0.05) is 35.4 Å². The summed E-state index contributed by atoms with van der Waals surface area (Å²) in [5.41, 5.74) is 20.0. The van der Waals surface area contributed by atoms with E-state index in [9.17, 15) is 50.4 Å². The molecule has 32 nitrogen and oxygen atoms in total. The van der Waals surface area contributed by atoms with Crippen molar-refractivity contribution in [1.29, 1.82) is 0 Å². The van der Waals surface area contributed by atoms with Gasteiger partial charge in [-0.25, -0.2) is 9.98 Å². The van der Waals surface area contributed by atoms with Gasteiger partial charge < -0.3 is 144 Å². The van der Waals surface area contributed by atoms with Crippen molar-refractivity contribution in [3.63, 3.8) is 0 Å². The topological polar surface area (TPSA) is 493 Å². The number of nitrogens with two attached hydrogens (primary N) is 4. The van der Waals surface area contributed by atoms with E-state index in [0.717, 1.165) is 13.3 Å². The minimum absolute atomic E-state index is 0.0390. The second-order valence-corrected chi connectivity index (χ2v) is 27.2. The van der Waals surface area contributed by atoms with Crippen LogP contribution in [0, 0.1) is 0 Å². The predicted octanol–water partition coefficient (Wildman–Crippen LogP) is -9.88. The predicted molar refractivity (Wildman–Crippen MR) is 280 cm³/mol. The number of aliphatic hydroxyl groups is 7. The van der Waals surface area contributed by atoms with E-state index in [-0.39, 0.29) is 25.9 Å². The SMILES string of the molecule is [B]C1CC(OP([O-])(=S)OC)C(COP([O-])(=S)OC2CC([B])OC2COP([O-])(=S)OC2CC([B])OC2COC/N=C\C2(O)C(C)OC(OC3C(O)C(O)C(N=C(N)N)C(O)C3N=C(N)N)C2OC2OC(CO)C(O)C(O)C2NC)O1. The van der Waals surface area contributed by atoms with E-state index >= 15 is 0 Å². The van der Waals surface area contributed by atoms with Crippen molar-refractivity contribution in [3.05, 3.63) is 0 Å². The van der Waals surface area contributed by atoms with Crippen molar-refractivity contribution in [2.75, 3.05) is 47.3 Å². The molecule has 5 aliphatic heterocycles. The molecule has 6 aliphatic rings. The first-order valence-electron chi connectivity index (χ1n) is 24.3. The van der Waals surface area contributed by atoms with Crippen LogP contribution in [0.2, 0.25) is 0 Å². The van der Waals surface area contributed by atoms with E-state index < -0.39 is 205 Å². The van der Waals surface area contributed by atoms with Crippen molar-refractivity contribution in [3.8, 4) is 0 Å². The molecular weight excluding hydrogens is 1170 g/mol. The Morgan fingerprint density at radius 2 is 1.18 bits per heavy atom. The Morgan fingerprint density at radius 3 is 1.66 bits per heavy atom. The van der Waals surface area contributed by atoms with Gasteiger partial charge >= 0.3 is 0 Å². The number of nitrogens with one attached hydrogen (secondary N) is 1. The zero-order chi connectivity index (χ0) is 58.5. The van der Waals surface area contributed by atoms with Crippen molar-refractivity contribution in [2.24, 2.45) is 37.9 Å². The molecule has 0 bridgehead atoms. The third kappa shape index (κ3) is 17.5. The van der Waals surface area contributed by atoms with E-state index in [1.54, 1.807) is 0 Å². The van der Waals surface area contributed by atoms with E-state index in [4.69, 9.17) is 147 Å². The van der Waals surface area contributed by atoms with Crippen molar-refractivity contribution < 1.29 is 115 Å². The van der Waals surface area contributed by atoms with Gasteiger partial charge in [0.15, 0.2) is 30.1 Å². The lowest BCUT2D eigenvalue weighted by molar-refractivity contribution is -0.313. The molecule has 0 spiro atoms. The van der Waals surface area contributed by atoms with Gasteiger partial charge in [0.25, 0.3) is 0 Å². The zero-order valence-corrected chi connectivity index (χ0v) is 47.7. The van der Waals surface area contributed by atoms with Crippen molar-refractivity contribution in [1.82, 2.24) is 5.32 Å². The van der Waals surface area contributed by atoms with E-state index in [1.165, 1.54) is 14.0 Å². The largest absolute Gasteiger partial charge is 0.780 e. The molecule has 5 heterocycles. The second kappa shape index (κ2) is 28.7. The number of likely N-dealkylation sites (N-methyl/N-ethyl adjacent to an activating group) is 1. The molecule has 1 aliphatic carbocycles. The van der Waals surface area contributed by atoms with E-state index in [1.807, 2.05) is 0 Å². The Balaban J connectivity index is 1.09. The number of hydrogen-bond donors (Lipinski definition) is 12. The fraction of sp³-hybridized carbons (Fsp3) is 0.921. The summed E-state index contributed by atoms with van der Waals surface area (Å²) in [6.07, 6.45) is -23.8. The zero-order valence-electron chi connectivity index (χ0n) is 42.5. The Bertz CT molecular complexity index is 2260. The number of hydrogen-bond acceptors (Lipinski definition) is 31. The normalized spacial score (nSPS) is 44.0. The highest BCUT2D eigenvalue weighted by atomic mass is 32.5. The van der Waals surface area contributed by atoms with Gasteiger partial charge in [-0.3, -0.25) is 4.99 Å². The minimum atomic E-state index is -4.42. The van der Waals surface area contributed by atoms with Crippen molar-refractivity contribution in [2.45, 2.75) is 172 Å². The average Bonchev–Trinajstić information content (AvgIpc) is 4.09. The van der Waals surface area contributed by atoms with E-state index in [2.05, 4.69) is 20.3 Å². The first-order valence-corrected chi connectivity index (χ1v) is 31.9. The molecule has 0 amide bonds. The molecule has 0 aromatic rings. The Morgan fingerprint density at radius 1 is 0.684 bits per heavy atom. The van der Waals surface area contributed by atoms with Crippen LogP contribution in [0.15, 0.2) is 15.0 Å². The van der Waals surface area contributed by atoms with Crippen LogP contribution in [0.4, 0.5) is 0 Å². The van der Waals surface area contributed by atoms with Crippen LogP contribution in [0.25, 0.3) is 0 Å². The molecule has 6 rings (SSSR count). The van der Waals surface area contributed by atoms with Crippen LogP contribution in [0.5, 0.6) is 0 Å². The molecule has 41 heteroatoms. The third-order valence-corrected chi connectivity index (χ3v) is 18.2. The molecule has 0 aromatic carbocycles. The molecule has 27 unspecified atom stereocenters. The number of aliphatic imine (C=N–C) groups is 3. The lowest BCUT2D eigenvalue weighted by Gasteiger charge is -2.45. The van der Waals surface area contributed by atoms with Crippen LogP contribution < -0.4 is 42.9 Å². The highest BCUT2D eigenvalue weighted by Gasteiger charge is 2.60. The second-order valence-electron chi connectivity index (χ2n) is 19.0. The standard InChI is InChI=1S/C38H68B3N8O24P3S3/c1-13-38(56,33(70-34-26(46-2)30(54)27(51)17(7-50)68-34)35(64-13)69-32-25(49-37(44)45)28(52)24(48-36(42)43)29(53)31(32)55)11-47-12-61-8-18-14(4-21(39)65-18)72-75(58,78)63-10-20-16(6-23(41)67-20)73-76(59,79)62-9-19-15(5-22(40)66-19)71-74(57,77)60-3/h11,13-35,46,50-56H,4-10,12H2,1-3H3,(H,57,77)(H,58,78)(H,59,79)(H4,42,43,48)(H4,44,45,49)/p-3/b47-11-. The average molecular weight is 1240 g/mol. The first-order chi connectivity index (χ1) is 36.9. The molecule has 5 saturated heterocycles. The van der Waals surface area contributed by atoms with Crippen LogP contribution in [0.1, 0.15) is 26.2 Å². The van der Waals surface area contributed by atoms with Gasteiger partial charge in [0.1, 0.15) is 130 Å². The highest BCUT2D eigenvalue weighted by molar-refractivity contribution is 8.07. The molecule has 1 saturated carbocycles. The quantitative estimate of drug-likeness (QED) is 0.0126. The van der Waals surface area contributed by atoms with Gasteiger partial charge in [0, 0.05) is 31.3 Å². The Hall–Kier alpha value is -0.645. The number of guanidine groups is 2. The van der Waals surface area contributed by atoms with E-state index in [0.29, 0.717) is 0 Å². The summed E-state index contributed by atoms with van der Waals surface area (Å²) < 4.78 is 79.0. The summed E-state index contributed by atoms with van der Waals surface area (Å²) in [5.74, 6) is -1.14. The van der Waals surface area contributed by atoms with Crippen LogP contribution in [-0.2, 0) is 100 Å². The van der Waals surface area contributed by atoms with Crippen LogP contribution >= 0.6 is 20.2 Å². The fourth-order valence-electron chi connectivity index (χ4n) is 9.45. The van der Waals surface area contributed by atoms with Gasteiger partial charge in [-0.05, 0) is 33.2 Å². The Kier molecular flexibility index (Phi) is 24.5.